The Morgan fingerprint density at radius 3 is 2.38 bits per heavy atom. The number of benzene rings is 1. The van der Waals surface area contributed by atoms with Gasteiger partial charge in [0.25, 0.3) is 5.91 Å². The molecule has 1 atom stereocenters. The molecule has 116 valence electrons. The molecule has 1 rings (SSSR count). The summed E-state index contributed by atoms with van der Waals surface area (Å²) in [6.45, 7) is 0.799. The van der Waals surface area contributed by atoms with E-state index in [0.717, 1.165) is 12.1 Å². The lowest BCUT2D eigenvalue weighted by Crippen LogP contribution is -2.41. The molecule has 5 nitrogen and oxygen atoms in total. The lowest BCUT2D eigenvalue weighted by Gasteiger charge is -2.14. The summed E-state index contributed by atoms with van der Waals surface area (Å²) in [6, 6.07) is 6.37. The summed E-state index contributed by atoms with van der Waals surface area (Å²) in [5, 5.41) is 11.7. The Morgan fingerprint density at radius 1 is 1.29 bits per heavy atom. The van der Waals surface area contributed by atoms with Crippen LogP contribution in [0.5, 0.6) is 0 Å². The SMILES string of the molecule is CSCC[C@H](NC(=O)c1ccc(CN(C)C)cc1)C(=O)O. The minimum absolute atomic E-state index is 0.347. The number of aliphatic carboxylic acids is 1. The zero-order valence-corrected chi connectivity index (χ0v) is 13.4. The minimum Gasteiger partial charge on any atom is -0.480 e. The second-order valence-corrected chi connectivity index (χ2v) is 6.07. The van der Waals surface area contributed by atoms with Gasteiger partial charge in [0, 0.05) is 12.1 Å². The van der Waals surface area contributed by atoms with Crippen LogP contribution in [0.25, 0.3) is 0 Å². The van der Waals surface area contributed by atoms with Crippen molar-refractivity contribution in [2.75, 3.05) is 26.1 Å². The van der Waals surface area contributed by atoms with E-state index in [2.05, 4.69) is 5.32 Å². The first-order chi connectivity index (χ1) is 9.93. The van der Waals surface area contributed by atoms with Crippen LogP contribution in [-0.2, 0) is 11.3 Å². The predicted molar refractivity (Wildman–Crippen MR) is 85.7 cm³/mol. The summed E-state index contributed by atoms with van der Waals surface area (Å²) in [6.07, 6.45) is 2.32. The summed E-state index contributed by atoms with van der Waals surface area (Å²) in [7, 11) is 3.95. The molecule has 0 bridgehead atoms. The third kappa shape index (κ3) is 6.18. The van der Waals surface area contributed by atoms with E-state index < -0.39 is 12.0 Å². The molecular weight excluding hydrogens is 288 g/mol. The van der Waals surface area contributed by atoms with Crippen LogP contribution >= 0.6 is 11.8 Å². The average molecular weight is 310 g/mol. The van der Waals surface area contributed by atoms with Gasteiger partial charge in [-0.05, 0) is 50.2 Å². The molecule has 0 saturated carbocycles. The maximum Gasteiger partial charge on any atom is 0.326 e. The Balaban J connectivity index is 2.67. The molecule has 0 aromatic heterocycles. The Kier molecular flexibility index (Phi) is 7.25. The van der Waals surface area contributed by atoms with Gasteiger partial charge in [-0.1, -0.05) is 12.1 Å². The van der Waals surface area contributed by atoms with Gasteiger partial charge >= 0.3 is 5.97 Å². The van der Waals surface area contributed by atoms with Crippen molar-refractivity contribution in [1.29, 1.82) is 0 Å². The van der Waals surface area contributed by atoms with E-state index in [4.69, 9.17) is 5.11 Å². The van der Waals surface area contributed by atoms with Crippen LogP contribution in [0.4, 0.5) is 0 Å². The third-order valence-corrected chi connectivity index (χ3v) is 3.57. The highest BCUT2D eigenvalue weighted by atomic mass is 32.2. The number of hydrogen-bond acceptors (Lipinski definition) is 4. The fraction of sp³-hybridized carbons (Fsp3) is 0.467. The molecule has 0 heterocycles. The molecule has 0 aliphatic rings. The fourth-order valence-electron chi connectivity index (χ4n) is 1.86. The van der Waals surface area contributed by atoms with Gasteiger partial charge in [-0.2, -0.15) is 11.8 Å². The highest BCUT2D eigenvalue weighted by Gasteiger charge is 2.20. The van der Waals surface area contributed by atoms with E-state index in [0.29, 0.717) is 17.7 Å². The third-order valence-electron chi connectivity index (χ3n) is 2.93. The van der Waals surface area contributed by atoms with Crippen LogP contribution in [0.1, 0.15) is 22.3 Å². The topological polar surface area (TPSA) is 69.6 Å². The van der Waals surface area contributed by atoms with E-state index in [9.17, 15) is 9.59 Å². The monoisotopic (exact) mass is 310 g/mol. The van der Waals surface area contributed by atoms with E-state index >= 15 is 0 Å². The van der Waals surface area contributed by atoms with Crippen molar-refractivity contribution in [3.05, 3.63) is 35.4 Å². The maximum absolute atomic E-state index is 12.1. The number of thioether (sulfide) groups is 1. The molecule has 21 heavy (non-hydrogen) atoms. The van der Waals surface area contributed by atoms with Crippen LogP contribution in [0.3, 0.4) is 0 Å². The number of carboxylic acids is 1. The van der Waals surface area contributed by atoms with Crippen molar-refractivity contribution in [2.45, 2.75) is 19.0 Å². The van der Waals surface area contributed by atoms with E-state index in [-0.39, 0.29) is 5.91 Å². The molecule has 1 amide bonds. The van der Waals surface area contributed by atoms with Crippen LogP contribution in [0, 0.1) is 0 Å². The molecule has 0 aliphatic carbocycles. The van der Waals surface area contributed by atoms with Gasteiger partial charge in [0.1, 0.15) is 6.04 Å². The zero-order valence-electron chi connectivity index (χ0n) is 12.6. The summed E-state index contributed by atoms with van der Waals surface area (Å²) >= 11 is 1.56. The number of hydrogen-bond donors (Lipinski definition) is 2. The zero-order chi connectivity index (χ0) is 15.8. The molecular formula is C15H22N2O3S. The van der Waals surface area contributed by atoms with E-state index in [1.165, 1.54) is 0 Å². The molecule has 0 spiro atoms. The van der Waals surface area contributed by atoms with Gasteiger partial charge < -0.3 is 15.3 Å². The van der Waals surface area contributed by atoms with Gasteiger partial charge in [0.05, 0.1) is 0 Å². The highest BCUT2D eigenvalue weighted by Crippen LogP contribution is 2.08. The Bertz CT molecular complexity index is 474. The van der Waals surface area contributed by atoms with Gasteiger partial charge in [-0.15, -0.1) is 0 Å². The number of amides is 1. The molecule has 0 fully saturated rings. The van der Waals surface area contributed by atoms with E-state index in [1.807, 2.05) is 37.4 Å². The van der Waals surface area contributed by atoms with Crippen molar-refractivity contribution in [3.63, 3.8) is 0 Å². The Morgan fingerprint density at radius 2 is 1.90 bits per heavy atom. The second kappa shape index (κ2) is 8.69. The van der Waals surface area contributed by atoms with Crippen molar-refractivity contribution < 1.29 is 14.7 Å². The maximum atomic E-state index is 12.1. The second-order valence-electron chi connectivity index (χ2n) is 5.08. The van der Waals surface area contributed by atoms with Crippen molar-refractivity contribution in [2.24, 2.45) is 0 Å². The Labute approximate surface area is 129 Å². The molecule has 1 aromatic rings. The van der Waals surface area contributed by atoms with Crippen LogP contribution < -0.4 is 5.32 Å². The summed E-state index contributed by atoms with van der Waals surface area (Å²) in [4.78, 5) is 25.2. The first kappa shape index (κ1) is 17.5. The van der Waals surface area contributed by atoms with Gasteiger partial charge in [-0.25, -0.2) is 4.79 Å². The quantitative estimate of drug-likeness (QED) is 0.764. The fourth-order valence-corrected chi connectivity index (χ4v) is 2.33. The van der Waals surface area contributed by atoms with Crippen molar-refractivity contribution >= 4 is 23.6 Å². The standard InChI is InChI=1S/C15H22N2O3S/c1-17(2)10-11-4-6-12(7-5-11)14(18)16-13(15(19)20)8-9-21-3/h4-7,13H,8-10H2,1-3H3,(H,16,18)(H,19,20)/t13-/m0/s1. The largest absolute Gasteiger partial charge is 0.480 e. The number of carbonyl (C=O) groups excluding carboxylic acids is 1. The van der Waals surface area contributed by atoms with Crippen molar-refractivity contribution in [1.82, 2.24) is 10.2 Å². The molecule has 2 N–H and O–H groups in total. The summed E-state index contributed by atoms with van der Waals surface area (Å²) < 4.78 is 0. The lowest BCUT2D eigenvalue weighted by molar-refractivity contribution is -0.139. The summed E-state index contributed by atoms with van der Waals surface area (Å²) in [5.74, 6) is -0.652. The van der Waals surface area contributed by atoms with Gasteiger partial charge in [0.2, 0.25) is 0 Å². The molecule has 0 saturated heterocycles. The molecule has 0 aliphatic heterocycles. The van der Waals surface area contributed by atoms with E-state index in [1.54, 1.807) is 23.9 Å². The highest BCUT2D eigenvalue weighted by molar-refractivity contribution is 7.98. The number of carbonyl (C=O) groups is 2. The average Bonchev–Trinajstić information content (AvgIpc) is 2.43. The van der Waals surface area contributed by atoms with Gasteiger partial charge in [-0.3, -0.25) is 4.79 Å². The molecule has 0 radical (unpaired) electrons. The minimum atomic E-state index is -0.998. The summed E-state index contributed by atoms with van der Waals surface area (Å²) in [5.41, 5.74) is 1.58. The Hall–Kier alpha value is -1.53. The predicted octanol–water partition coefficient (Wildman–Crippen LogP) is 1.68. The van der Waals surface area contributed by atoms with Crippen LogP contribution in [0.2, 0.25) is 0 Å². The molecule has 0 unspecified atom stereocenters. The van der Waals surface area contributed by atoms with Crippen LogP contribution in [-0.4, -0.2) is 54.0 Å². The van der Waals surface area contributed by atoms with Crippen LogP contribution in [0.15, 0.2) is 24.3 Å². The number of nitrogens with one attached hydrogen (secondary N) is 1. The number of rotatable bonds is 8. The molecule has 1 aromatic carbocycles. The van der Waals surface area contributed by atoms with Gasteiger partial charge in [0.15, 0.2) is 0 Å². The smallest absolute Gasteiger partial charge is 0.326 e. The first-order valence-corrected chi connectivity index (χ1v) is 8.09. The normalized spacial score (nSPS) is 12.2. The lowest BCUT2D eigenvalue weighted by atomic mass is 10.1. The number of carboxylic acid groups (broad SMARTS) is 1. The first-order valence-electron chi connectivity index (χ1n) is 6.70. The number of nitrogens with zero attached hydrogens (tertiary/aromatic N) is 1. The molecule has 6 heteroatoms. The van der Waals surface area contributed by atoms with Crippen molar-refractivity contribution in [3.8, 4) is 0 Å².